The number of carboxylic acid groups (broad SMARTS) is 1. The lowest BCUT2D eigenvalue weighted by molar-refractivity contribution is -0.137. The van der Waals surface area contributed by atoms with E-state index in [2.05, 4.69) is 55.5 Å². The first-order valence-corrected chi connectivity index (χ1v) is 8.59. The van der Waals surface area contributed by atoms with E-state index in [1.165, 1.54) is 25.7 Å². The van der Waals surface area contributed by atoms with Crippen LogP contribution in [0.4, 0.5) is 0 Å². The molecular weight excluding hydrogens is 297 g/mol. The number of hydrogen-bond donors (Lipinski definition) is 1. The molecule has 0 atom stereocenters. The highest BCUT2D eigenvalue weighted by atomic mass is 24.3. The molecule has 0 aliphatic heterocycles. The average molecular weight is 329 g/mol. The molecule has 0 aromatic carbocycles. The zero-order valence-electron chi connectivity index (χ0n) is 14.8. The Labute approximate surface area is 158 Å². The Hall–Kier alpha value is -0.804. The van der Waals surface area contributed by atoms with Gasteiger partial charge < -0.3 is 5.11 Å². The molecule has 0 rings (SSSR count). The third-order valence-corrected chi connectivity index (χ3v) is 3.22. The summed E-state index contributed by atoms with van der Waals surface area (Å²) >= 11 is 0. The molecular formula is C20H32MgO2. The molecule has 2 radical (unpaired) electrons. The van der Waals surface area contributed by atoms with E-state index in [1.807, 2.05) is 0 Å². The second-order valence-electron chi connectivity index (χ2n) is 5.37. The van der Waals surface area contributed by atoms with Gasteiger partial charge in [0.25, 0.3) is 0 Å². The summed E-state index contributed by atoms with van der Waals surface area (Å²) in [7, 11) is 0. The van der Waals surface area contributed by atoms with Crippen molar-refractivity contribution >= 4 is 29.0 Å². The van der Waals surface area contributed by atoms with Crippen LogP contribution in [-0.4, -0.2) is 34.1 Å². The Morgan fingerprint density at radius 3 is 1.61 bits per heavy atom. The summed E-state index contributed by atoms with van der Waals surface area (Å²) in [6.07, 6.45) is 27.3. The van der Waals surface area contributed by atoms with Crippen LogP contribution in [0.3, 0.4) is 0 Å². The Morgan fingerprint density at radius 1 is 0.739 bits per heavy atom. The molecule has 0 aliphatic rings. The number of hydrogen-bond acceptors (Lipinski definition) is 1. The van der Waals surface area contributed by atoms with E-state index in [-0.39, 0.29) is 29.5 Å². The normalized spacial score (nSPS) is 11.9. The highest BCUT2D eigenvalue weighted by Gasteiger charge is 1.92. The van der Waals surface area contributed by atoms with Gasteiger partial charge in [0.15, 0.2) is 0 Å². The molecule has 0 amide bonds. The molecule has 0 heterocycles. The Bertz CT molecular complexity index is 368. The third kappa shape index (κ3) is 23.6. The quantitative estimate of drug-likeness (QED) is 0.247. The zero-order valence-corrected chi connectivity index (χ0v) is 16.2. The standard InChI is InChI=1S/C20H32O2.Mg/c1-2-3-4-5-6-7-8-9-10-11-12-13-14-15-16-17-18-19-20(21)22;/h6-7,9-10,12-13,15-16H,2-5,8,11,14,17-19H2,1H3,(H,21,22);. The van der Waals surface area contributed by atoms with Crippen LogP contribution < -0.4 is 0 Å². The lowest BCUT2D eigenvalue weighted by atomic mass is 10.2. The van der Waals surface area contributed by atoms with E-state index in [9.17, 15) is 4.79 Å². The van der Waals surface area contributed by atoms with Crippen LogP contribution in [0.25, 0.3) is 0 Å². The lowest BCUT2D eigenvalue weighted by Gasteiger charge is -1.90. The van der Waals surface area contributed by atoms with Crippen LogP contribution in [0.2, 0.25) is 0 Å². The second kappa shape index (κ2) is 21.2. The minimum Gasteiger partial charge on any atom is -0.481 e. The Morgan fingerprint density at radius 2 is 1.17 bits per heavy atom. The second-order valence-corrected chi connectivity index (χ2v) is 5.37. The first-order chi connectivity index (χ1) is 10.8. The van der Waals surface area contributed by atoms with Crippen molar-refractivity contribution in [2.24, 2.45) is 0 Å². The van der Waals surface area contributed by atoms with Crippen molar-refractivity contribution in [3.05, 3.63) is 48.6 Å². The van der Waals surface area contributed by atoms with Crippen molar-refractivity contribution in [1.29, 1.82) is 0 Å². The van der Waals surface area contributed by atoms with Crippen molar-refractivity contribution in [2.75, 3.05) is 0 Å². The number of aliphatic carboxylic acids is 1. The fourth-order valence-electron chi connectivity index (χ4n) is 1.93. The topological polar surface area (TPSA) is 37.3 Å². The van der Waals surface area contributed by atoms with E-state index < -0.39 is 5.97 Å². The summed E-state index contributed by atoms with van der Waals surface area (Å²) in [5.74, 6) is -0.712. The molecule has 0 fully saturated rings. The van der Waals surface area contributed by atoms with Gasteiger partial charge in [-0.15, -0.1) is 0 Å². The SMILES string of the molecule is CCCCCC=CCC=CCC=CCC=CCCCC(=O)O.[Mg]. The van der Waals surface area contributed by atoms with Crippen LogP contribution in [0.1, 0.15) is 71.1 Å². The summed E-state index contributed by atoms with van der Waals surface area (Å²) in [6, 6.07) is 0. The van der Waals surface area contributed by atoms with Crippen LogP contribution in [0.5, 0.6) is 0 Å². The summed E-state index contributed by atoms with van der Waals surface area (Å²) in [6.45, 7) is 2.23. The predicted molar refractivity (Wildman–Crippen MR) is 102 cm³/mol. The first kappa shape index (κ1) is 24.4. The molecule has 126 valence electrons. The van der Waals surface area contributed by atoms with Crippen molar-refractivity contribution < 1.29 is 9.90 Å². The van der Waals surface area contributed by atoms with Crippen LogP contribution >= 0.6 is 0 Å². The molecule has 2 nitrogen and oxygen atoms in total. The first-order valence-electron chi connectivity index (χ1n) is 8.59. The number of unbranched alkanes of at least 4 members (excludes halogenated alkanes) is 4. The van der Waals surface area contributed by atoms with Gasteiger partial charge in [-0.1, -0.05) is 68.4 Å². The Kier molecular flexibility index (Phi) is 22.5. The summed E-state index contributed by atoms with van der Waals surface area (Å²) in [4.78, 5) is 10.3. The molecule has 0 aliphatic carbocycles. The summed E-state index contributed by atoms with van der Waals surface area (Å²) in [5.41, 5.74) is 0. The largest absolute Gasteiger partial charge is 0.481 e. The minimum absolute atomic E-state index is 0. The molecule has 0 aromatic rings. The highest BCUT2D eigenvalue weighted by molar-refractivity contribution is 5.75. The molecule has 23 heavy (non-hydrogen) atoms. The highest BCUT2D eigenvalue weighted by Crippen LogP contribution is 2.01. The van der Waals surface area contributed by atoms with Gasteiger partial charge in [0.05, 0.1) is 0 Å². The molecule has 0 unspecified atom stereocenters. The number of allylic oxidation sites excluding steroid dienone is 8. The lowest BCUT2D eigenvalue weighted by Crippen LogP contribution is -1.92. The number of carbonyl (C=O) groups is 1. The number of rotatable bonds is 14. The van der Waals surface area contributed by atoms with E-state index in [0.29, 0.717) is 0 Å². The van der Waals surface area contributed by atoms with Crippen molar-refractivity contribution in [3.8, 4) is 0 Å². The molecule has 3 heteroatoms. The van der Waals surface area contributed by atoms with Gasteiger partial charge in [-0.3, -0.25) is 4.79 Å². The van der Waals surface area contributed by atoms with Crippen molar-refractivity contribution in [2.45, 2.75) is 71.1 Å². The van der Waals surface area contributed by atoms with Crippen molar-refractivity contribution in [3.63, 3.8) is 0 Å². The van der Waals surface area contributed by atoms with Gasteiger partial charge in [0.2, 0.25) is 0 Å². The van der Waals surface area contributed by atoms with Crippen LogP contribution in [-0.2, 0) is 4.79 Å². The molecule has 0 spiro atoms. The summed E-state index contributed by atoms with van der Waals surface area (Å²) < 4.78 is 0. The number of carboxylic acids is 1. The maximum Gasteiger partial charge on any atom is 0.303 e. The van der Waals surface area contributed by atoms with E-state index in [4.69, 9.17) is 5.11 Å². The summed E-state index contributed by atoms with van der Waals surface area (Å²) in [5, 5.41) is 8.49. The van der Waals surface area contributed by atoms with E-state index >= 15 is 0 Å². The van der Waals surface area contributed by atoms with Crippen LogP contribution in [0, 0.1) is 0 Å². The van der Waals surface area contributed by atoms with Gasteiger partial charge in [-0.25, -0.2) is 0 Å². The van der Waals surface area contributed by atoms with Gasteiger partial charge >= 0.3 is 5.97 Å². The van der Waals surface area contributed by atoms with Crippen LogP contribution in [0.15, 0.2) is 48.6 Å². The zero-order chi connectivity index (χ0) is 16.3. The fraction of sp³-hybridized carbons (Fsp3) is 0.550. The van der Waals surface area contributed by atoms with Crippen molar-refractivity contribution in [1.82, 2.24) is 0 Å². The van der Waals surface area contributed by atoms with E-state index in [0.717, 1.165) is 32.1 Å². The van der Waals surface area contributed by atoms with Gasteiger partial charge in [0, 0.05) is 29.5 Å². The third-order valence-electron chi connectivity index (χ3n) is 3.22. The molecule has 0 saturated heterocycles. The Balaban J connectivity index is 0. The van der Waals surface area contributed by atoms with Gasteiger partial charge in [-0.2, -0.15) is 0 Å². The molecule has 0 saturated carbocycles. The molecule has 1 N–H and O–H groups in total. The smallest absolute Gasteiger partial charge is 0.303 e. The maximum atomic E-state index is 10.3. The monoisotopic (exact) mass is 328 g/mol. The van der Waals surface area contributed by atoms with Gasteiger partial charge in [-0.05, 0) is 44.9 Å². The van der Waals surface area contributed by atoms with Gasteiger partial charge in [0.1, 0.15) is 0 Å². The average Bonchev–Trinajstić information content (AvgIpc) is 2.50. The maximum absolute atomic E-state index is 10.3. The minimum atomic E-state index is -0.712. The fourth-order valence-corrected chi connectivity index (χ4v) is 1.93. The molecule has 0 aromatic heterocycles. The predicted octanol–water partition coefficient (Wildman–Crippen LogP) is 5.84. The molecule has 0 bridgehead atoms. The van der Waals surface area contributed by atoms with E-state index in [1.54, 1.807) is 0 Å².